The lowest BCUT2D eigenvalue weighted by atomic mass is 9.89. The lowest BCUT2D eigenvalue weighted by Gasteiger charge is -2.43. The summed E-state index contributed by atoms with van der Waals surface area (Å²) in [6.07, 6.45) is 0.255. The molecular formula is C21H29ClN4O4. The van der Waals surface area contributed by atoms with Gasteiger partial charge in [-0.15, -0.1) is 0 Å². The van der Waals surface area contributed by atoms with Crippen LogP contribution in [-0.2, 0) is 9.59 Å². The first-order chi connectivity index (χ1) is 14.1. The molecular weight excluding hydrogens is 408 g/mol. The topological polar surface area (TPSA) is 91.0 Å². The molecule has 164 valence electrons. The number of ether oxygens (including phenoxy) is 1. The third-order valence-electron chi connectivity index (χ3n) is 5.97. The van der Waals surface area contributed by atoms with E-state index in [2.05, 4.69) is 22.5 Å². The van der Waals surface area contributed by atoms with Gasteiger partial charge in [0, 0.05) is 43.3 Å². The Kier molecular flexibility index (Phi) is 6.17. The number of halogens is 1. The third-order valence-corrected chi connectivity index (χ3v) is 6.27. The lowest BCUT2D eigenvalue weighted by Crippen LogP contribution is -2.56. The number of nitrogens with zero attached hydrogens (tertiary/aromatic N) is 2. The Labute approximate surface area is 181 Å². The average molecular weight is 437 g/mol. The number of urea groups is 1. The molecule has 8 nitrogen and oxygen atoms in total. The Morgan fingerprint density at radius 3 is 2.63 bits per heavy atom. The number of amides is 4. The molecule has 0 saturated carbocycles. The zero-order valence-electron chi connectivity index (χ0n) is 18.0. The SMILES string of the molecule is COc1cc(N2CCN(C(=O)[C@@H](C)C[C@@]3(C)NC(=O)NC3=O)C[C@@H]2C)c(C)cc1Cl. The van der Waals surface area contributed by atoms with Crippen LogP contribution in [0.2, 0.25) is 5.02 Å². The molecule has 0 spiro atoms. The second kappa shape index (κ2) is 8.34. The number of aryl methyl sites for hydroxylation is 1. The maximum Gasteiger partial charge on any atom is 0.322 e. The molecule has 3 atom stereocenters. The summed E-state index contributed by atoms with van der Waals surface area (Å²) in [4.78, 5) is 40.7. The van der Waals surface area contributed by atoms with Crippen LogP contribution >= 0.6 is 11.6 Å². The van der Waals surface area contributed by atoms with Gasteiger partial charge in [-0.05, 0) is 38.8 Å². The van der Waals surface area contributed by atoms with Gasteiger partial charge in [0.1, 0.15) is 11.3 Å². The Hall–Kier alpha value is -2.48. The molecule has 0 aromatic heterocycles. The number of carbonyl (C=O) groups is 3. The summed E-state index contributed by atoms with van der Waals surface area (Å²) >= 11 is 6.23. The molecule has 2 fully saturated rings. The van der Waals surface area contributed by atoms with Gasteiger partial charge in [0.15, 0.2) is 0 Å². The molecule has 2 aliphatic heterocycles. The predicted octanol–water partition coefficient (Wildman–Crippen LogP) is 2.32. The van der Waals surface area contributed by atoms with E-state index in [0.29, 0.717) is 30.4 Å². The zero-order valence-corrected chi connectivity index (χ0v) is 18.8. The summed E-state index contributed by atoms with van der Waals surface area (Å²) in [6, 6.07) is 3.42. The molecule has 0 unspecified atom stereocenters. The standard InChI is InChI=1S/C21H29ClN4O4/c1-12-8-15(22)17(30-5)9-16(12)26-7-6-25(11-14(26)3)18(27)13(2)10-21(4)19(28)23-20(29)24-21/h8-9,13-14H,6-7,10-11H2,1-5H3,(H2,23,24,28,29)/t13-,14-,21+/m0/s1. The van der Waals surface area contributed by atoms with Crippen molar-refractivity contribution in [1.82, 2.24) is 15.5 Å². The van der Waals surface area contributed by atoms with Crippen molar-refractivity contribution >= 4 is 35.1 Å². The molecule has 0 radical (unpaired) electrons. The fourth-order valence-corrected chi connectivity index (χ4v) is 4.65. The maximum absolute atomic E-state index is 13.0. The van der Waals surface area contributed by atoms with Crippen LogP contribution < -0.4 is 20.3 Å². The molecule has 2 N–H and O–H groups in total. The highest BCUT2D eigenvalue weighted by atomic mass is 35.5. The first-order valence-electron chi connectivity index (χ1n) is 10.1. The molecule has 1 aromatic carbocycles. The van der Waals surface area contributed by atoms with E-state index in [9.17, 15) is 14.4 Å². The van der Waals surface area contributed by atoms with Crippen molar-refractivity contribution in [2.75, 3.05) is 31.6 Å². The van der Waals surface area contributed by atoms with E-state index in [1.54, 1.807) is 21.0 Å². The van der Waals surface area contributed by atoms with Crippen LogP contribution in [0.3, 0.4) is 0 Å². The minimum Gasteiger partial charge on any atom is -0.495 e. The normalized spacial score (nSPS) is 25.1. The average Bonchev–Trinajstić information content (AvgIpc) is 2.92. The Morgan fingerprint density at radius 1 is 1.37 bits per heavy atom. The number of imide groups is 1. The fraction of sp³-hybridized carbons (Fsp3) is 0.571. The summed E-state index contributed by atoms with van der Waals surface area (Å²) in [5.41, 5.74) is 1.04. The van der Waals surface area contributed by atoms with Crippen LogP contribution in [0.25, 0.3) is 0 Å². The van der Waals surface area contributed by atoms with Gasteiger partial charge in [0.05, 0.1) is 12.1 Å². The van der Waals surface area contributed by atoms with E-state index >= 15 is 0 Å². The summed E-state index contributed by atoms with van der Waals surface area (Å²) in [5, 5.41) is 5.44. The minimum atomic E-state index is -1.06. The molecule has 0 bridgehead atoms. The molecule has 1 aromatic rings. The Bertz CT molecular complexity index is 877. The van der Waals surface area contributed by atoms with Crippen LogP contribution in [-0.4, -0.2) is 61.1 Å². The second-order valence-corrected chi connectivity index (χ2v) is 8.85. The van der Waals surface area contributed by atoms with Gasteiger partial charge in [-0.2, -0.15) is 0 Å². The van der Waals surface area contributed by atoms with Crippen LogP contribution in [0.1, 0.15) is 32.8 Å². The van der Waals surface area contributed by atoms with E-state index in [-0.39, 0.29) is 18.4 Å². The number of rotatable bonds is 5. The van der Waals surface area contributed by atoms with Gasteiger partial charge < -0.3 is 19.9 Å². The molecule has 0 aliphatic carbocycles. The van der Waals surface area contributed by atoms with Crippen LogP contribution in [0.5, 0.6) is 5.75 Å². The number of benzene rings is 1. The second-order valence-electron chi connectivity index (χ2n) is 8.45. The zero-order chi connectivity index (χ0) is 22.2. The smallest absolute Gasteiger partial charge is 0.322 e. The van der Waals surface area contributed by atoms with E-state index in [0.717, 1.165) is 11.3 Å². The van der Waals surface area contributed by atoms with Crippen LogP contribution in [0.15, 0.2) is 12.1 Å². The quantitative estimate of drug-likeness (QED) is 0.691. The van der Waals surface area contributed by atoms with E-state index in [4.69, 9.17) is 16.3 Å². The highest BCUT2D eigenvalue weighted by molar-refractivity contribution is 6.32. The van der Waals surface area contributed by atoms with Gasteiger partial charge in [0.2, 0.25) is 5.91 Å². The first-order valence-corrected chi connectivity index (χ1v) is 10.5. The number of hydrogen-bond acceptors (Lipinski definition) is 5. The van der Waals surface area contributed by atoms with E-state index < -0.39 is 23.4 Å². The highest BCUT2D eigenvalue weighted by Gasteiger charge is 2.44. The molecule has 30 heavy (non-hydrogen) atoms. The predicted molar refractivity (Wildman–Crippen MR) is 115 cm³/mol. The van der Waals surface area contributed by atoms with E-state index in [1.807, 2.05) is 24.0 Å². The highest BCUT2D eigenvalue weighted by Crippen LogP contribution is 2.34. The van der Waals surface area contributed by atoms with Crippen molar-refractivity contribution in [1.29, 1.82) is 0 Å². The monoisotopic (exact) mass is 436 g/mol. The van der Waals surface area contributed by atoms with Gasteiger partial charge in [-0.1, -0.05) is 18.5 Å². The van der Waals surface area contributed by atoms with Gasteiger partial charge >= 0.3 is 6.03 Å². The van der Waals surface area contributed by atoms with Gasteiger partial charge in [0.25, 0.3) is 5.91 Å². The lowest BCUT2D eigenvalue weighted by molar-refractivity contribution is -0.137. The molecule has 2 saturated heterocycles. The summed E-state index contributed by atoms with van der Waals surface area (Å²) in [7, 11) is 1.59. The maximum atomic E-state index is 13.0. The minimum absolute atomic E-state index is 0.0120. The largest absolute Gasteiger partial charge is 0.495 e. The molecule has 4 amide bonds. The summed E-state index contributed by atoms with van der Waals surface area (Å²) in [5.74, 6) is -0.170. The molecule has 2 heterocycles. The van der Waals surface area contributed by atoms with Crippen molar-refractivity contribution in [3.05, 3.63) is 22.7 Å². The molecule has 2 aliphatic rings. The van der Waals surface area contributed by atoms with Gasteiger partial charge in [-0.25, -0.2) is 4.79 Å². The number of piperazine rings is 1. The fourth-order valence-electron chi connectivity index (χ4n) is 4.36. The van der Waals surface area contributed by atoms with Crippen molar-refractivity contribution in [3.63, 3.8) is 0 Å². The van der Waals surface area contributed by atoms with Crippen molar-refractivity contribution in [3.8, 4) is 5.75 Å². The van der Waals surface area contributed by atoms with E-state index in [1.165, 1.54) is 0 Å². The van der Waals surface area contributed by atoms with Gasteiger partial charge in [-0.3, -0.25) is 14.9 Å². The van der Waals surface area contributed by atoms with Crippen molar-refractivity contribution in [2.24, 2.45) is 5.92 Å². The van der Waals surface area contributed by atoms with Crippen LogP contribution in [0, 0.1) is 12.8 Å². The van der Waals surface area contributed by atoms with Crippen LogP contribution in [0.4, 0.5) is 10.5 Å². The molecule has 3 rings (SSSR count). The van der Waals surface area contributed by atoms with Crippen molar-refractivity contribution in [2.45, 2.75) is 45.7 Å². The summed E-state index contributed by atoms with van der Waals surface area (Å²) in [6.45, 7) is 9.37. The Balaban J connectivity index is 1.67. The first kappa shape index (κ1) is 22.2. The number of anilines is 1. The Morgan fingerprint density at radius 2 is 2.07 bits per heavy atom. The summed E-state index contributed by atoms with van der Waals surface area (Å²) < 4.78 is 5.36. The van der Waals surface area contributed by atoms with Crippen molar-refractivity contribution < 1.29 is 19.1 Å². The number of methoxy groups -OCH3 is 1. The molecule has 9 heteroatoms. The number of nitrogens with one attached hydrogen (secondary N) is 2. The number of hydrogen-bond donors (Lipinski definition) is 2. The third kappa shape index (κ3) is 4.19. The number of carbonyl (C=O) groups excluding carboxylic acids is 3.